The van der Waals surface area contributed by atoms with Gasteiger partial charge in [0.15, 0.2) is 11.3 Å². The molecule has 1 aliphatic carbocycles. The van der Waals surface area contributed by atoms with Gasteiger partial charge in [-0.3, -0.25) is 0 Å². The lowest BCUT2D eigenvalue weighted by molar-refractivity contribution is -0.133. The minimum Gasteiger partial charge on any atom is -0.478 e. The molecule has 1 spiro atoms. The second-order valence-corrected chi connectivity index (χ2v) is 5.08. The van der Waals surface area contributed by atoms with E-state index in [-0.39, 0.29) is 0 Å². The van der Waals surface area contributed by atoms with Crippen molar-refractivity contribution in [1.82, 2.24) is 0 Å². The fraction of sp³-hybridized carbons (Fsp3) is 0.333. The van der Waals surface area contributed by atoms with E-state index in [1.807, 2.05) is 18.2 Å². The van der Waals surface area contributed by atoms with Gasteiger partial charge in [0.2, 0.25) is 0 Å². The van der Waals surface area contributed by atoms with Crippen molar-refractivity contribution in [3.63, 3.8) is 0 Å². The molecule has 0 saturated heterocycles. The maximum atomic E-state index is 11.7. The normalized spacial score (nSPS) is 19.1. The predicted octanol–water partition coefficient (Wildman–Crippen LogP) is 2.62. The van der Waals surface area contributed by atoms with Crippen molar-refractivity contribution >= 4 is 33.3 Å². The summed E-state index contributed by atoms with van der Waals surface area (Å²) >= 11 is 3.37. The zero-order chi connectivity index (χ0) is 12.0. The molecule has 1 aromatic rings. The van der Waals surface area contributed by atoms with Crippen molar-refractivity contribution in [1.29, 1.82) is 0 Å². The number of nitrogens with zero attached hydrogens (tertiary/aromatic N) is 1. The van der Waals surface area contributed by atoms with E-state index < -0.39 is 11.6 Å². The number of esters is 1. The van der Waals surface area contributed by atoms with Gasteiger partial charge in [0.1, 0.15) is 11.4 Å². The first-order valence-electron chi connectivity index (χ1n) is 5.31. The molecule has 5 heteroatoms. The van der Waals surface area contributed by atoms with E-state index in [4.69, 9.17) is 9.47 Å². The van der Waals surface area contributed by atoms with Gasteiger partial charge in [-0.2, -0.15) is 0 Å². The number of benzene rings is 1. The van der Waals surface area contributed by atoms with Gasteiger partial charge in [-0.05, 0) is 31.0 Å². The fourth-order valence-corrected chi connectivity index (χ4v) is 2.28. The maximum Gasteiger partial charge on any atom is 0.356 e. The lowest BCUT2D eigenvalue weighted by Crippen LogP contribution is -2.38. The van der Waals surface area contributed by atoms with Crippen LogP contribution in [-0.4, -0.2) is 24.4 Å². The summed E-state index contributed by atoms with van der Waals surface area (Å²) in [4.78, 5) is 16.1. The Morgan fingerprint density at radius 1 is 1.53 bits per heavy atom. The van der Waals surface area contributed by atoms with Crippen molar-refractivity contribution in [3.05, 3.63) is 22.7 Å². The predicted molar refractivity (Wildman–Crippen MR) is 65.8 cm³/mol. The summed E-state index contributed by atoms with van der Waals surface area (Å²) in [7, 11) is 1.36. The number of hydrogen-bond donors (Lipinski definition) is 0. The van der Waals surface area contributed by atoms with Gasteiger partial charge in [-0.1, -0.05) is 15.9 Å². The summed E-state index contributed by atoms with van der Waals surface area (Å²) in [5, 5.41) is 0. The molecule has 0 aromatic heterocycles. The van der Waals surface area contributed by atoms with E-state index in [0.717, 1.165) is 23.1 Å². The van der Waals surface area contributed by atoms with E-state index in [0.29, 0.717) is 11.4 Å². The van der Waals surface area contributed by atoms with E-state index in [1.54, 1.807) is 0 Å². The summed E-state index contributed by atoms with van der Waals surface area (Å²) in [6.45, 7) is 0. The van der Waals surface area contributed by atoms with Crippen LogP contribution < -0.4 is 4.74 Å². The van der Waals surface area contributed by atoms with Crippen LogP contribution in [0.25, 0.3) is 0 Å². The molecule has 1 saturated carbocycles. The molecule has 0 unspecified atom stereocenters. The highest BCUT2D eigenvalue weighted by atomic mass is 79.9. The van der Waals surface area contributed by atoms with Crippen LogP contribution in [0.1, 0.15) is 12.8 Å². The zero-order valence-electron chi connectivity index (χ0n) is 9.20. The monoisotopic (exact) mass is 295 g/mol. The molecular weight excluding hydrogens is 286 g/mol. The van der Waals surface area contributed by atoms with E-state index >= 15 is 0 Å². The molecule has 2 aliphatic rings. The smallest absolute Gasteiger partial charge is 0.356 e. The Bertz CT molecular complexity index is 535. The van der Waals surface area contributed by atoms with Crippen molar-refractivity contribution in [2.45, 2.75) is 18.4 Å². The van der Waals surface area contributed by atoms with Crippen molar-refractivity contribution in [2.75, 3.05) is 7.11 Å². The highest BCUT2D eigenvalue weighted by Gasteiger charge is 2.55. The van der Waals surface area contributed by atoms with Crippen LogP contribution in [-0.2, 0) is 9.53 Å². The second-order valence-electron chi connectivity index (χ2n) is 4.16. The third-order valence-corrected chi connectivity index (χ3v) is 3.47. The Morgan fingerprint density at radius 2 is 2.29 bits per heavy atom. The molecule has 1 aliphatic heterocycles. The highest BCUT2D eigenvalue weighted by molar-refractivity contribution is 9.10. The lowest BCUT2D eigenvalue weighted by Gasteiger charge is -2.24. The van der Waals surface area contributed by atoms with Gasteiger partial charge in [0.05, 0.1) is 7.11 Å². The van der Waals surface area contributed by atoms with Crippen LogP contribution in [0.3, 0.4) is 0 Å². The lowest BCUT2D eigenvalue weighted by atomic mass is 10.1. The number of aliphatic imine (C=N–C) groups is 1. The van der Waals surface area contributed by atoms with E-state index in [9.17, 15) is 4.79 Å². The first kappa shape index (κ1) is 10.8. The quantitative estimate of drug-likeness (QED) is 0.748. The number of fused-ring (bicyclic) bond motifs is 1. The molecule has 88 valence electrons. The number of hydrogen-bond acceptors (Lipinski definition) is 4. The Balaban J connectivity index is 2.10. The van der Waals surface area contributed by atoms with Gasteiger partial charge in [0, 0.05) is 4.47 Å². The number of rotatable bonds is 1. The molecule has 0 radical (unpaired) electrons. The SMILES string of the molecule is COC(=O)C1=Nc2cc(Br)ccc2OC12CC2. The van der Waals surface area contributed by atoms with Crippen LogP contribution in [0.2, 0.25) is 0 Å². The third kappa shape index (κ3) is 1.65. The molecule has 0 N–H and O–H groups in total. The molecule has 0 atom stereocenters. The molecular formula is C12H10BrNO3. The van der Waals surface area contributed by atoms with Gasteiger partial charge < -0.3 is 9.47 Å². The Kier molecular flexibility index (Phi) is 2.26. The maximum absolute atomic E-state index is 11.7. The van der Waals surface area contributed by atoms with Crippen LogP contribution in [0, 0.1) is 0 Å². The first-order chi connectivity index (χ1) is 8.14. The van der Waals surface area contributed by atoms with Crippen molar-refractivity contribution in [3.8, 4) is 5.75 Å². The molecule has 17 heavy (non-hydrogen) atoms. The van der Waals surface area contributed by atoms with Gasteiger partial charge in [0.25, 0.3) is 0 Å². The van der Waals surface area contributed by atoms with Crippen LogP contribution >= 0.6 is 15.9 Å². The van der Waals surface area contributed by atoms with E-state index in [1.165, 1.54) is 7.11 Å². The average molecular weight is 296 g/mol. The Morgan fingerprint density at radius 3 is 2.94 bits per heavy atom. The standard InChI is InChI=1S/C12H10BrNO3/c1-16-11(15)10-12(4-5-12)17-9-3-2-7(13)6-8(9)14-10/h2-3,6H,4-5H2,1H3. The third-order valence-electron chi connectivity index (χ3n) is 2.97. The molecule has 1 fully saturated rings. The summed E-state index contributed by atoms with van der Waals surface area (Å²) in [6, 6.07) is 5.58. The number of ether oxygens (including phenoxy) is 2. The van der Waals surface area contributed by atoms with Gasteiger partial charge in [-0.15, -0.1) is 0 Å². The second kappa shape index (κ2) is 3.57. The molecule has 0 amide bonds. The summed E-state index contributed by atoms with van der Waals surface area (Å²) in [5.41, 5.74) is 0.511. The van der Waals surface area contributed by atoms with Gasteiger partial charge >= 0.3 is 5.97 Å². The van der Waals surface area contributed by atoms with Gasteiger partial charge in [-0.25, -0.2) is 9.79 Å². The Labute approximate surface area is 107 Å². The fourth-order valence-electron chi connectivity index (χ4n) is 1.93. The van der Waals surface area contributed by atoms with Crippen molar-refractivity contribution < 1.29 is 14.3 Å². The van der Waals surface area contributed by atoms with Crippen LogP contribution in [0.15, 0.2) is 27.7 Å². The Hall–Kier alpha value is -1.36. The summed E-state index contributed by atoms with van der Waals surface area (Å²) < 4.78 is 11.5. The van der Waals surface area contributed by atoms with E-state index in [2.05, 4.69) is 20.9 Å². The summed E-state index contributed by atoms with van der Waals surface area (Å²) in [6.07, 6.45) is 1.63. The molecule has 1 heterocycles. The highest BCUT2D eigenvalue weighted by Crippen LogP contribution is 2.48. The minimum absolute atomic E-state index is 0.380. The van der Waals surface area contributed by atoms with Crippen LogP contribution in [0.4, 0.5) is 5.69 Å². The number of methoxy groups -OCH3 is 1. The first-order valence-corrected chi connectivity index (χ1v) is 6.10. The number of halogens is 1. The number of carbonyl (C=O) groups excluding carboxylic acids is 1. The zero-order valence-corrected chi connectivity index (χ0v) is 10.8. The minimum atomic E-state index is -0.534. The molecule has 3 rings (SSSR count). The average Bonchev–Trinajstić information content (AvgIpc) is 3.08. The molecule has 4 nitrogen and oxygen atoms in total. The number of carbonyl (C=O) groups is 1. The van der Waals surface area contributed by atoms with Crippen molar-refractivity contribution in [2.24, 2.45) is 4.99 Å². The molecule has 0 bridgehead atoms. The summed E-state index contributed by atoms with van der Waals surface area (Å²) in [5.74, 6) is 0.312. The van der Waals surface area contributed by atoms with Crippen LogP contribution in [0.5, 0.6) is 5.75 Å². The topological polar surface area (TPSA) is 47.9 Å². The molecule has 1 aromatic carbocycles. The largest absolute Gasteiger partial charge is 0.478 e.